The van der Waals surface area contributed by atoms with Crippen LogP contribution in [0.1, 0.15) is 81.9 Å². The molecule has 3 fully saturated rings. The second-order valence-corrected chi connectivity index (χ2v) is 25.1. The first-order valence-electron chi connectivity index (χ1n) is 26.2. The molecule has 9 rings (SSSR count). The van der Waals surface area contributed by atoms with Gasteiger partial charge in [-0.15, -0.1) is 0 Å². The summed E-state index contributed by atoms with van der Waals surface area (Å²) in [6, 6.07) is 11.0. The summed E-state index contributed by atoms with van der Waals surface area (Å²) in [6.45, 7) is 4.58. The highest BCUT2D eigenvalue weighted by atomic mass is 32.5. The highest BCUT2D eigenvalue weighted by molar-refractivity contribution is 8.07. The van der Waals surface area contributed by atoms with Crippen LogP contribution in [0.3, 0.4) is 0 Å². The van der Waals surface area contributed by atoms with Gasteiger partial charge in [0.05, 0.1) is 31.6 Å². The van der Waals surface area contributed by atoms with Gasteiger partial charge in [-0.2, -0.15) is 18.1 Å². The number of halogens is 1. The Labute approximate surface area is 483 Å². The summed E-state index contributed by atoms with van der Waals surface area (Å²) < 4.78 is 87.9. The summed E-state index contributed by atoms with van der Waals surface area (Å²) >= 11 is 5.28. The Balaban J connectivity index is 0.782. The Morgan fingerprint density at radius 2 is 1.67 bits per heavy atom. The van der Waals surface area contributed by atoms with Gasteiger partial charge < -0.3 is 49.6 Å². The Hall–Kier alpha value is -7.46. The van der Waals surface area contributed by atoms with Gasteiger partial charge in [0.25, 0.3) is 11.5 Å². The summed E-state index contributed by atoms with van der Waals surface area (Å²) in [5.41, 5.74) is 0.243. The predicted molar refractivity (Wildman–Crippen MR) is 297 cm³/mol. The van der Waals surface area contributed by atoms with Crippen molar-refractivity contribution in [2.45, 2.75) is 122 Å². The molecule has 4 aromatic heterocycles. The van der Waals surface area contributed by atoms with E-state index in [4.69, 9.17) is 44.0 Å². The van der Waals surface area contributed by atoms with Crippen LogP contribution in [0.2, 0.25) is 0 Å². The molecule has 0 aliphatic carbocycles. The average Bonchev–Trinajstić information content (AvgIpc) is 2.92. The number of alkyl halides is 1. The minimum absolute atomic E-state index is 0.0357. The lowest BCUT2D eigenvalue weighted by atomic mass is 10.0. The number of hydrogen-bond donors (Lipinski definition) is 8. The molecule has 5 amide bonds. The van der Waals surface area contributed by atoms with Crippen molar-refractivity contribution < 1.29 is 73.9 Å². The maximum atomic E-state index is 16.3. The van der Waals surface area contributed by atoms with E-state index in [0.717, 1.165) is 6.33 Å². The van der Waals surface area contributed by atoms with Crippen molar-refractivity contribution in [3.63, 3.8) is 0 Å². The highest BCUT2D eigenvalue weighted by Gasteiger charge is 2.51. The maximum Gasteiger partial charge on any atom is 0.408 e. The third kappa shape index (κ3) is 14.9. The highest BCUT2D eigenvalue weighted by Crippen LogP contribution is 2.50. The SMILES string of the molecule is CC(C)[C@H](NC(=O)OC(C)(C)C)C(=O)N[C@@H](C)C(=O)Nc1ccc(COC(=O)NCCc2ccccc2C(=O)Nc2nc3c(ncn3[C@@H]3O[C@@H]4COP(O)(=S)O[C@H]5[C@@H](F)[C@H](n6cnc7cncnc76)O[C@@H]5CNS(=O)(=O)O[C@@H]3C4)c(=O)[nH]2)cc1. The predicted octanol–water partition coefficient (Wildman–Crippen LogP) is 3.05. The van der Waals surface area contributed by atoms with E-state index < -0.39 is 126 Å². The molecule has 1 unspecified atom stereocenters. The number of carbonyl (C=O) groups excluding carboxylic acids is 5. The Bertz CT molecular complexity index is 3660. The van der Waals surface area contributed by atoms with E-state index in [1.807, 2.05) is 0 Å². The van der Waals surface area contributed by atoms with Gasteiger partial charge in [0.2, 0.25) is 17.8 Å². The topological polar surface area (TPSA) is 384 Å². The molecule has 3 saturated heterocycles. The number of benzene rings is 2. The van der Waals surface area contributed by atoms with Crippen LogP contribution in [0.5, 0.6) is 0 Å². The normalized spacial score (nSPS) is 24.1. The molecule has 0 saturated carbocycles. The van der Waals surface area contributed by atoms with Crippen LogP contribution < -0.4 is 36.9 Å². The number of nitrogens with one attached hydrogen (secondary N) is 7. The number of amides is 5. The summed E-state index contributed by atoms with van der Waals surface area (Å²) in [7, 11) is -4.72. The molecule has 0 radical (unpaired) electrons. The molecule has 2 bridgehead atoms. The smallest absolute Gasteiger partial charge is 0.408 e. The standard InChI is InChI=1S/C50H60FN14O16PS2/c1-25(2)36(60-49(71)79-50(4,5)6)43(68)58-26(3)41(66)59-29-13-11-27(12-14-29)20-75-48(70)53-16-15-28-9-7-8-10-31(28)42(67)62-47-61-40-37(44(69)63-47)56-24-65(40)45-33-17-30(77-45)21-76-82(72,83)80-38-34(19-57-84(73,74)81-33)78-46(35(38)51)64-23-55-32-18-52-22-54-39(32)64/h7-14,18,22-26,30,33-36,38,45-46,57H,15-17,19-21H2,1-6H3,(H,53,70)(H,58,68)(H,59,66)(H,60,71)(H,72,83)(H2,61,62,63,67,69)/t26-,30-,33+,34+,35+,36-,38+,45+,46+,82?/m0/s1. The Morgan fingerprint density at radius 3 is 2.42 bits per heavy atom. The summed E-state index contributed by atoms with van der Waals surface area (Å²) in [5.74, 6) is -2.42. The van der Waals surface area contributed by atoms with Crippen LogP contribution >= 0.6 is 6.72 Å². The van der Waals surface area contributed by atoms with Crippen molar-refractivity contribution >= 4 is 92.7 Å². The number of carbonyl (C=O) groups is 5. The number of H-pyrrole nitrogens is 1. The summed E-state index contributed by atoms with van der Waals surface area (Å²) in [5, 5.41) is 13.1. The zero-order valence-corrected chi connectivity index (χ0v) is 48.3. The number of hydrogen-bond acceptors (Lipinski definition) is 21. The number of alkyl carbamates (subject to hydrolysis) is 2. The van der Waals surface area contributed by atoms with Crippen LogP contribution in [0, 0.1) is 5.92 Å². The first kappa shape index (κ1) is 61.1. The van der Waals surface area contributed by atoms with Crippen molar-refractivity contribution in [2.24, 2.45) is 5.92 Å². The number of fused-ring (bicyclic) bond motifs is 5. The molecule has 0 spiro atoms. The molecule has 3 aliphatic rings. The second-order valence-electron chi connectivity index (χ2n) is 20.9. The molecule has 10 atom stereocenters. The van der Waals surface area contributed by atoms with Gasteiger partial charge in [-0.05, 0) is 81.2 Å². The van der Waals surface area contributed by atoms with Crippen molar-refractivity contribution in [3.8, 4) is 0 Å². The van der Waals surface area contributed by atoms with Crippen LogP contribution in [0.25, 0.3) is 22.3 Å². The van der Waals surface area contributed by atoms with Crippen LogP contribution in [-0.4, -0.2) is 150 Å². The Morgan fingerprint density at radius 1 is 0.929 bits per heavy atom. The number of aromatic nitrogens is 8. The van der Waals surface area contributed by atoms with E-state index in [1.54, 1.807) is 77.1 Å². The number of rotatable bonds is 15. The van der Waals surface area contributed by atoms with E-state index in [2.05, 4.69) is 61.2 Å². The first-order valence-corrected chi connectivity index (χ1v) is 30.2. The minimum Gasteiger partial charge on any atom is -0.445 e. The summed E-state index contributed by atoms with van der Waals surface area (Å²) in [4.78, 5) is 113. The molecule has 30 nitrogen and oxygen atoms in total. The molecule has 450 valence electrons. The lowest BCUT2D eigenvalue weighted by Crippen LogP contribution is -2.54. The number of ether oxygens (including phenoxy) is 4. The van der Waals surface area contributed by atoms with Gasteiger partial charge >= 0.3 is 29.2 Å². The molecule has 8 N–H and O–H groups in total. The van der Waals surface area contributed by atoms with Crippen molar-refractivity contribution in [1.29, 1.82) is 0 Å². The van der Waals surface area contributed by atoms with Crippen molar-refractivity contribution in [3.05, 3.63) is 101 Å². The molecule has 3 aliphatic heterocycles. The van der Waals surface area contributed by atoms with Gasteiger partial charge in [0.15, 0.2) is 35.4 Å². The van der Waals surface area contributed by atoms with Crippen LogP contribution in [0.4, 0.5) is 25.6 Å². The average molecular weight is 1230 g/mol. The molecule has 2 aromatic carbocycles. The zero-order chi connectivity index (χ0) is 60.3. The van der Waals surface area contributed by atoms with Crippen LogP contribution in [-0.2, 0) is 76.9 Å². The maximum absolute atomic E-state index is 16.3. The van der Waals surface area contributed by atoms with E-state index in [0.29, 0.717) is 22.3 Å². The largest absolute Gasteiger partial charge is 0.445 e. The first-order chi connectivity index (χ1) is 39.8. The van der Waals surface area contributed by atoms with Gasteiger partial charge in [0, 0.05) is 30.8 Å². The lowest BCUT2D eigenvalue weighted by molar-refractivity contribution is -0.128. The van der Waals surface area contributed by atoms with E-state index in [9.17, 15) is 42.1 Å². The molecular formula is C50H60FN14O16PS2. The molecule has 6 aromatic rings. The zero-order valence-electron chi connectivity index (χ0n) is 45.8. The molecule has 84 heavy (non-hydrogen) atoms. The lowest BCUT2D eigenvalue weighted by Gasteiger charge is -2.26. The Kier molecular flexibility index (Phi) is 18.5. The van der Waals surface area contributed by atoms with Gasteiger partial charge in [-0.3, -0.25) is 43.1 Å². The van der Waals surface area contributed by atoms with Gasteiger partial charge in [0.1, 0.15) is 54.4 Å². The monoisotopic (exact) mass is 1230 g/mol. The van der Waals surface area contributed by atoms with Crippen molar-refractivity contribution in [2.75, 3.05) is 30.3 Å². The fraction of sp³-hybridized carbons (Fsp3) is 0.460. The van der Waals surface area contributed by atoms with Gasteiger partial charge in [-0.1, -0.05) is 44.2 Å². The number of nitrogens with zero attached hydrogens (tertiary/aromatic N) is 7. The number of imidazole rings is 2. The molecular weight excluding hydrogens is 1170 g/mol. The minimum atomic E-state index is -4.72. The third-order valence-corrected chi connectivity index (χ3v) is 15.7. The third-order valence-electron chi connectivity index (χ3n) is 13.1. The van der Waals surface area contributed by atoms with Gasteiger partial charge in [-0.25, -0.2) is 38.1 Å². The fourth-order valence-electron chi connectivity index (χ4n) is 9.15. The number of aromatic amines is 1. The van der Waals surface area contributed by atoms with E-state index >= 15 is 4.39 Å². The quantitative estimate of drug-likeness (QED) is 0.0685. The second kappa shape index (κ2) is 25.4. The van der Waals surface area contributed by atoms with E-state index in [-0.39, 0.29) is 60.2 Å². The summed E-state index contributed by atoms with van der Waals surface area (Å²) in [6.07, 6.45) is -6.79. The van der Waals surface area contributed by atoms with E-state index in [1.165, 1.54) is 41.0 Å². The number of anilines is 2. The molecule has 34 heteroatoms. The van der Waals surface area contributed by atoms with Crippen molar-refractivity contribution in [1.82, 2.24) is 59.7 Å². The fourth-order valence-corrected chi connectivity index (χ4v) is 11.5. The van der Waals surface area contributed by atoms with Crippen LogP contribution in [0.15, 0.2) is 78.5 Å². The molecule has 7 heterocycles.